The van der Waals surface area contributed by atoms with Crippen molar-refractivity contribution in [2.75, 3.05) is 39.8 Å². The third kappa shape index (κ3) is 4.29. The van der Waals surface area contributed by atoms with E-state index in [0.717, 1.165) is 31.9 Å². The molecule has 0 radical (unpaired) electrons. The van der Waals surface area contributed by atoms with E-state index in [2.05, 4.69) is 15.2 Å². The molecule has 0 spiro atoms. The van der Waals surface area contributed by atoms with E-state index in [1.54, 1.807) is 19.3 Å². The monoisotopic (exact) mass is 314 g/mol. The molecule has 0 atom stereocenters. The van der Waals surface area contributed by atoms with Crippen LogP contribution in [0.1, 0.15) is 25.5 Å². The Kier molecular flexibility index (Phi) is 5.80. The summed E-state index contributed by atoms with van der Waals surface area (Å²) in [6.07, 6.45) is 4.03. The molecule has 2 rings (SSSR count). The Bertz CT molecular complexity index is 535. The first-order chi connectivity index (χ1) is 10.0. The van der Waals surface area contributed by atoms with Crippen molar-refractivity contribution in [3.63, 3.8) is 0 Å². The third-order valence-electron chi connectivity index (χ3n) is 3.92. The lowest BCUT2D eigenvalue weighted by atomic mass is 10.4. The predicted molar refractivity (Wildman–Crippen MR) is 83.7 cm³/mol. The van der Waals surface area contributed by atoms with Gasteiger partial charge in [0.2, 0.25) is 10.0 Å². The van der Waals surface area contributed by atoms with Crippen LogP contribution in [-0.2, 0) is 16.6 Å². The summed E-state index contributed by atoms with van der Waals surface area (Å²) < 4.78 is 26.4. The van der Waals surface area contributed by atoms with E-state index in [4.69, 9.17) is 0 Å². The minimum absolute atomic E-state index is 0.347. The molecule has 1 saturated heterocycles. The summed E-state index contributed by atoms with van der Waals surface area (Å²) in [5.41, 5.74) is 0.892. The molecular weight excluding hydrogens is 288 g/mol. The van der Waals surface area contributed by atoms with Gasteiger partial charge >= 0.3 is 0 Å². The predicted octanol–water partition coefficient (Wildman–Crippen LogP) is 0.841. The van der Waals surface area contributed by atoms with E-state index in [1.165, 1.54) is 17.1 Å². The molecule has 1 aromatic rings. The van der Waals surface area contributed by atoms with Crippen LogP contribution in [0.5, 0.6) is 0 Å². The Balaban J connectivity index is 1.93. The van der Waals surface area contributed by atoms with Crippen molar-refractivity contribution >= 4 is 10.0 Å². The fraction of sp³-hybridized carbons (Fsp3) is 0.714. The van der Waals surface area contributed by atoms with Gasteiger partial charge in [-0.05, 0) is 38.5 Å². The van der Waals surface area contributed by atoms with E-state index in [1.807, 2.05) is 6.92 Å². The number of H-pyrrole nitrogens is 1. The maximum atomic E-state index is 12.5. The molecule has 0 unspecified atom stereocenters. The third-order valence-corrected chi connectivity index (χ3v) is 5.75. The molecule has 1 aliphatic rings. The Morgan fingerprint density at radius 2 is 2.10 bits per heavy atom. The summed E-state index contributed by atoms with van der Waals surface area (Å²) in [5, 5.41) is 3.17. The number of aromatic amines is 1. The largest absolute Gasteiger partial charge is 0.363 e. The number of likely N-dealkylation sites (tertiary alicyclic amines) is 1. The summed E-state index contributed by atoms with van der Waals surface area (Å²) in [5.74, 6) is 0. The van der Waals surface area contributed by atoms with E-state index in [-0.39, 0.29) is 0 Å². The normalized spacial score (nSPS) is 16.9. The summed E-state index contributed by atoms with van der Waals surface area (Å²) in [7, 11) is -1.73. The molecule has 0 saturated carbocycles. The van der Waals surface area contributed by atoms with Crippen molar-refractivity contribution in [1.82, 2.24) is 19.5 Å². The van der Waals surface area contributed by atoms with Gasteiger partial charge in [0.15, 0.2) is 0 Å². The van der Waals surface area contributed by atoms with Gasteiger partial charge in [-0.2, -0.15) is 4.31 Å². The highest BCUT2D eigenvalue weighted by Gasteiger charge is 2.23. The zero-order chi connectivity index (χ0) is 15.3. The molecule has 1 aromatic heterocycles. The summed E-state index contributed by atoms with van der Waals surface area (Å²) >= 11 is 0. The Hall–Kier alpha value is -0.890. The molecule has 6 nitrogen and oxygen atoms in total. The van der Waals surface area contributed by atoms with Crippen molar-refractivity contribution in [3.8, 4) is 0 Å². The van der Waals surface area contributed by atoms with Crippen LogP contribution >= 0.6 is 0 Å². The van der Waals surface area contributed by atoms with Crippen molar-refractivity contribution in [1.29, 1.82) is 0 Å². The Labute approximate surface area is 127 Å². The first kappa shape index (κ1) is 16.5. The summed E-state index contributed by atoms with van der Waals surface area (Å²) in [6, 6.07) is 1.71. The highest BCUT2D eigenvalue weighted by atomic mass is 32.2. The van der Waals surface area contributed by atoms with Gasteiger partial charge in [0, 0.05) is 38.6 Å². The van der Waals surface area contributed by atoms with E-state index < -0.39 is 10.0 Å². The zero-order valence-electron chi connectivity index (χ0n) is 12.9. The van der Waals surface area contributed by atoms with Gasteiger partial charge in [-0.1, -0.05) is 6.92 Å². The van der Waals surface area contributed by atoms with Gasteiger partial charge in [0.05, 0.1) is 4.90 Å². The lowest BCUT2D eigenvalue weighted by Crippen LogP contribution is -2.35. The number of nitrogens with zero attached hydrogens (tertiary/aromatic N) is 2. The molecule has 0 aromatic carbocycles. The molecule has 0 aliphatic carbocycles. The number of likely N-dealkylation sites (N-methyl/N-ethyl adjacent to an activating group) is 1. The van der Waals surface area contributed by atoms with Crippen LogP contribution in [0.4, 0.5) is 0 Å². The highest BCUT2D eigenvalue weighted by molar-refractivity contribution is 7.89. The quantitative estimate of drug-likeness (QED) is 0.746. The van der Waals surface area contributed by atoms with E-state index in [9.17, 15) is 8.42 Å². The van der Waals surface area contributed by atoms with Crippen molar-refractivity contribution in [2.45, 2.75) is 31.2 Å². The molecule has 21 heavy (non-hydrogen) atoms. The highest BCUT2D eigenvalue weighted by Crippen LogP contribution is 2.16. The fourth-order valence-corrected chi connectivity index (χ4v) is 3.70. The molecule has 0 amide bonds. The zero-order valence-corrected chi connectivity index (χ0v) is 13.7. The van der Waals surface area contributed by atoms with Gasteiger partial charge < -0.3 is 15.2 Å². The van der Waals surface area contributed by atoms with E-state index >= 15 is 0 Å². The van der Waals surface area contributed by atoms with Crippen molar-refractivity contribution < 1.29 is 8.42 Å². The molecule has 7 heteroatoms. The number of hydrogen-bond acceptors (Lipinski definition) is 4. The van der Waals surface area contributed by atoms with Crippen LogP contribution in [0, 0.1) is 0 Å². The molecule has 2 N–H and O–H groups in total. The van der Waals surface area contributed by atoms with Crippen LogP contribution in [0.2, 0.25) is 0 Å². The molecule has 1 fully saturated rings. The summed E-state index contributed by atoms with van der Waals surface area (Å²) in [6.45, 7) is 7.06. The smallest absolute Gasteiger partial charge is 0.244 e. The van der Waals surface area contributed by atoms with Crippen LogP contribution < -0.4 is 5.32 Å². The number of aromatic nitrogens is 1. The second-order valence-corrected chi connectivity index (χ2v) is 7.56. The van der Waals surface area contributed by atoms with Crippen molar-refractivity contribution in [3.05, 3.63) is 18.0 Å². The number of hydrogen-bond donors (Lipinski definition) is 2. The SMILES string of the molecule is CCNCc1cc(S(=O)(=O)N(C)CCN2CCCC2)c[nH]1. The average molecular weight is 314 g/mol. The minimum atomic E-state index is -3.39. The molecular formula is C14H26N4O2S. The average Bonchev–Trinajstić information content (AvgIpc) is 3.13. The number of sulfonamides is 1. The lowest BCUT2D eigenvalue weighted by Gasteiger charge is -2.20. The lowest BCUT2D eigenvalue weighted by molar-refractivity contribution is 0.310. The molecule has 120 valence electrons. The van der Waals surface area contributed by atoms with Crippen LogP contribution in [0.25, 0.3) is 0 Å². The topological polar surface area (TPSA) is 68.4 Å². The number of nitrogens with one attached hydrogen (secondary N) is 2. The van der Waals surface area contributed by atoms with Gasteiger partial charge in [-0.25, -0.2) is 8.42 Å². The second-order valence-electron chi connectivity index (χ2n) is 5.52. The fourth-order valence-electron chi connectivity index (χ4n) is 2.52. The standard InChI is InChI=1S/C14H26N4O2S/c1-3-15-11-13-10-14(12-16-13)21(19,20)17(2)8-9-18-6-4-5-7-18/h10,12,15-16H,3-9,11H2,1-2H3. The number of rotatable bonds is 8. The van der Waals surface area contributed by atoms with E-state index in [0.29, 0.717) is 18.0 Å². The maximum absolute atomic E-state index is 12.5. The first-order valence-electron chi connectivity index (χ1n) is 7.60. The molecule has 1 aliphatic heterocycles. The van der Waals surface area contributed by atoms with Gasteiger partial charge in [-0.15, -0.1) is 0 Å². The van der Waals surface area contributed by atoms with Crippen LogP contribution in [0.3, 0.4) is 0 Å². The van der Waals surface area contributed by atoms with Gasteiger partial charge in [0.1, 0.15) is 0 Å². The molecule has 0 bridgehead atoms. The Morgan fingerprint density at radius 1 is 1.38 bits per heavy atom. The Morgan fingerprint density at radius 3 is 2.76 bits per heavy atom. The minimum Gasteiger partial charge on any atom is -0.363 e. The van der Waals surface area contributed by atoms with Gasteiger partial charge in [-0.3, -0.25) is 0 Å². The molecule has 2 heterocycles. The first-order valence-corrected chi connectivity index (χ1v) is 9.04. The summed E-state index contributed by atoms with van der Waals surface area (Å²) in [4.78, 5) is 5.69. The van der Waals surface area contributed by atoms with Crippen molar-refractivity contribution in [2.24, 2.45) is 0 Å². The maximum Gasteiger partial charge on any atom is 0.244 e. The van der Waals surface area contributed by atoms with Crippen LogP contribution in [-0.4, -0.2) is 62.4 Å². The van der Waals surface area contributed by atoms with Gasteiger partial charge in [0.25, 0.3) is 0 Å². The van der Waals surface area contributed by atoms with Crippen LogP contribution in [0.15, 0.2) is 17.2 Å². The second kappa shape index (κ2) is 7.40.